The van der Waals surface area contributed by atoms with Gasteiger partial charge < -0.3 is 10.1 Å². The van der Waals surface area contributed by atoms with Crippen molar-refractivity contribution in [1.82, 2.24) is 10.2 Å². The van der Waals surface area contributed by atoms with Crippen molar-refractivity contribution in [3.05, 3.63) is 71.8 Å². The number of carbonyl (C=O) groups excluding carboxylic acids is 1. The summed E-state index contributed by atoms with van der Waals surface area (Å²) in [7, 11) is 1.68. The summed E-state index contributed by atoms with van der Waals surface area (Å²) in [6.07, 6.45) is 7.36. The second-order valence-electron chi connectivity index (χ2n) is 7.91. The summed E-state index contributed by atoms with van der Waals surface area (Å²) in [6.45, 7) is 2.99. The number of likely N-dealkylation sites (tertiary alicyclic amines) is 1. The Labute approximate surface area is 167 Å². The lowest BCUT2D eigenvalue weighted by atomic mass is 9.82. The molecule has 4 rings (SSSR count). The van der Waals surface area contributed by atoms with Crippen molar-refractivity contribution in [2.24, 2.45) is 0 Å². The fourth-order valence-electron chi connectivity index (χ4n) is 4.38. The molecule has 0 aliphatic carbocycles. The number of hydrogen-bond donors (Lipinski definition) is 1. The average Bonchev–Trinajstić information content (AvgIpc) is 3.06. The van der Waals surface area contributed by atoms with Gasteiger partial charge in [-0.15, -0.1) is 0 Å². The van der Waals surface area contributed by atoms with Gasteiger partial charge in [0.2, 0.25) is 5.91 Å². The highest BCUT2D eigenvalue weighted by Gasteiger charge is 2.45. The summed E-state index contributed by atoms with van der Waals surface area (Å²) in [5.41, 5.74) is 2.30. The molecule has 1 atom stereocenters. The number of ether oxygens (including phenoxy) is 1. The Hall–Kier alpha value is -2.59. The summed E-state index contributed by atoms with van der Waals surface area (Å²) in [5, 5.41) is 3.34. The van der Waals surface area contributed by atoms with Crippen molar-refractivity contribution in [2.45, 2.75) is 30.7 Å². The molecule has 2 fully saturated rings. The summed E-state index contributed by atoms with van der Waals surface area (Å²) < 4.78 is 5.20. The van der Waals surface area contributed by atoms with Crippen LogP contribution < -0.4 is 10.1 Å². The molecular weight excluding hydrogens is 348 g/mol. The number of nitrogens with zero attached hydrogens (tertiary/aromatic N) is 1. The molecule has 0 bridgehead atoms. The first-order chi connectivity index (χ1) is 13.7. The third-order valence-corrected chi connectivity index (χ3v) is 6.10. The van der Waals surface area contributed by atoms with Gasteiger partial charge in [-0.25, -0.2) is 0 Å². The molecule has 2 aliphatic heterocycles. The van der Waals surface area contributed by atoms with Gasteiger partial charge in [-0.3, -0.25) is 9.69 Å². The number of benzene rings is 2. The van der Waals surface area contributed by atoms with Gasteiger partial charge in [-0.1, -0.05) is 54.6 Å². The van der Waals surface area contributed by atoms with E-state index >= 15 is 0 Å². The zero-order chi connectivity index (χ0) is 19.4. The van der Waals surface area contributed by atoms with E-state index in [1.54, 1.807) is 7.11 Å². The van der Waals surface area contributed by atoms with Crippen LogP contribution in [-0.4, -0.2) is 43.1 Å². The van der Waals surface area contributed by atoms with Crippen LogP contribution in [0.25, 0.3) is 6.08 Å². The molecule has 1 spiro atoms. The molecule has 2 aromatic rings. The topological polar surface area (TPSA) is 41.6 Å². The maximum Gasteiger partial charge on any atom is 0.228 e. The van der Waals surface area contributed by atoms with Crippen molar-refractivity contribution < 1.29 is 9.53 Å². The number of amides is 1. The molecule has 1 N–H and O–H groups in total. The first-order valence-corrected chi connectivity index (χ1v) is 10.1. The molecule has 28 heavy (non-hydrogen) atoms. The minimum atomic E-state index is -0.0201. The van der Waals surface area contributed by atoms with E-state index in [2.05, 4.69) is 46.6 Å². The highest BCUT2D eigenvalue weighted by molar-refractivity contribution is 5.87. The van der Waals surface area contributed by atoms with Gasteiger partial charge in [-0.2, -0.15) is 0 Å². The van der Waals surface area contributed by atoms with Gasteiger partial charge in [0, 0.05) is 25.2 Å². The lowest BCUT2D eigenvalue weighted by molar-refractivity contribution is -0.121. The SMILES string of the molecule is COc1ccc(C=CCN2CCC3(CC2)CC(c2ccccc2)C(=O)N3)cc1. The molecule has 146 valence electrons. The predicted octanol–water partition coefficient (Wildman–Crippen LogP) is 3.85. The van der Waals surface area contributed by atoms with E-state index in [1.807, 2.05) is 30.3 Å². The minimum absolute atomic E-state index is 0.00252. The third kappa shape index (κ3) is 4.12. The largest absolute Gasteiger partial charge is 0.497 e. The van der Waals surface area contributed by atoms with E-state index in [0.29, 0.717) is 0 Å². The first-order valence-electron chi connectivity index (χ1n) is 10.1. The maximum atomic E-state index is 12.6. The molecule has 0 aromatic heterocycles. The summed E-state index contributed by atoms with van der Waals surface area (Å²) in [4.78, 5) is 15.0. The van der Waals surface area contributed by atoms with Gasteiger partial charge in [0.25, 0.3) is 0 Å². The zero-order valence-electron chi connectivity index (χ0n) is 16.4. The van der Waals surface area contributed by atoms with Gasteiger partial charge in [0.1, 0.15) is 5.75 Å². The van der Waals surface area contributed by atoms with E-state index in [1.165, 1.54) is 5.56 Å². The van der Waals surface area contributed by atoms with E-state index < -0.39 is 0 Å². The number of piperidine rings is 1. The number of rotatable bonds is 5. The molecule has 4 nitrogen and oxygen atoms in total. The Morgan fingerprint density at radius 2 is 1.82 bits per heavy atom. The van der Waals surface area contributed by atoms with Crippen molar-refractivity contribution in [2.75, 3.05) is 26.7 Å². The lowest BCUT2D eigenvalue weighted by Crippen LogP contribution is -2.50. The van der Waals surface area contributed by atoms with E-state index in [0.717, 1.165) is 50.2 Å². The van der Waals surface area contributed by atoms with Crippen LogP contribution in [0.2, 0.25) is 0 Å². The van der Waals surface area contributed by atoms with Crippen LogP contribution in [0.3, 0.4) is 0 Å². The van der Waals surface area contributed by atoms with Crippen LogP contribution in [0.15, 0.2) is 60.7 Å². The predicted molar refractivity (Wildman–Crippen MR) is 112 cm³/mol. The second kappa shape index (κ2) is 8.19. The standard InChI is InChI=1S/C24H28N2O2/c1-28-21-11-9-19(10-12-21)6-5-15-26-16-13-24(14-17-26)18-22(23(27)25-24)20-7-3-2-4-8-20/h2-12,22H,13-18H2,1H3,(H,25,27). The number of methoxy groups -OCH3 is 1. The van der Waals surface area contributed by atoms with Crippen molar-refractivity contribution >= 4 is 12.0 Å². The normalized spacial score (nSPS) is 21.9. The molecule has 2 aliphatic rings. The Bertz CT molecular complexity index is 821. The van der Waals surface area contributed by atoms with Crippen LogP contribution in [0.1, 0.15) is 36.3 Å². The molecule has 1 unspecified atom stereocenters. The van der Waals surface area contributed by atoms with Crippen LogP contribution in [0, 0.1) is 0 Å². The average molecular weight is 376 g/mol. The molecule has 0 radical (unpaired) electrons. The molecule has 2 aromatic carbocycles. The van der Waals surface area contributed by atoms with Crippen LogP contribution in [0.5, 0.6) is 5.75 Å². The highest BCUT2D eigenvalue weighted by atomic mass is 16.5. The highest BCUT2D eigenvalue weighted by Crippen LogP contribution is 2.39. The second-order valence-corrected chi connectivity index (χ2v) is 7.91. The van der Waals surface area contributed by atoms with Gasteiger partial charge in [0.15, 0.2) is 0 Å². The molecular formula is C24H28N2O2. The van der Waals surface area contributed by atoms with E-state index in [9.17, 15) is 4.79 Å². The van der Waals surface area contributed by atoms with E-state index in [4.69, 9.17) is 4.74 Å². The Morgan fingerprint density at radius 3 is 2.50 bits per heavy atom. The Balaban J connectivity index is 1.29. The molecule has 4 heteroatoms. The lowest BCUT2D eigenvalue weighted by Gasteiger charge is -2.39. The molecule has 2 heterocycles. The Morgan fingerprint density at radius 1 is 1.11 bits per heavy atom. The summed E-state index contributed by atoms with van der Waals surface area (Å²) >= 11 is 0. The fourth-order valence-corrected chi connectivity index (χ4v) is 4.38. The van der Waals surface area contributed by atoms with Gasteiger partial charge >= 0.3 is 0 Å². The van der Waals surface area contributed by atoms with E-state index in [-0.39, 0.29) is 17.4 Å². The number of hydrogen-bond acceptors (Lipinski definition) is 3. The minimum Gasteiger partial charge on any atom is -0.497 e. The fraction of sp³-hybridized carbons (Fsp3) is 0.375. The molecule has 1 amide bonds. The first kappa shape index (κ1) is 18.8. The molecule has 2 saturated heterocycles. The summed E-state index contributed by atoms with van der Waals surface area (Å²) in [6, 6.07) is 18.3. The monoisotopic (exact) mass is 376 g/mol. The van der Waals surface area contributed by atoms with Gasteiger partial charge in [0.05, 0.1) is 13.0 Å². The van der Waals surface area contributed by atoms with Crippen LogP contribution in [-0.2, 0) is 4.79 Å². The quantitative estimate of drug-likeness (QED) is 0.862. The van der Waals surface area contributed by atoms with Gasteiger partial charge in [-0.05, 0) is 42.5 Å². The van der Waals surface area contributed by atoms with Crippen LogP contribution >= 0.6 is 0 Å². The smallest absolute Gasteiger partial charge is 0.228 e. The third-order valence-electron chi connectivity index (χ3n) is 6.10. The maximum absolute atomic E-state index is 12.6. The Kier molecular flexibility index (Phi) is 5.49. The number of carbonyl (C=O) groups is 1. The molecule has 0 saturated carbocycles. The van der Waals surface area contributed by atoms with Crippen LogP contribution in [0.4, 0.5) is 0 Å². The van der Waals surface area contributed by atoms with Crippen molar-refractivity contribution in [3.8, 4) is 5.75 Å². The zero-order valence-corrected chi connectivity index (χ0v) is 16.4. The number of nitrogens with one attached hydrogen (secondary N) is 1. The van der Waals surface area contributed by atoms with Crippen molar-refractivity contribution in [1.29, 1.82) is 0 Å². The van der Waals surface area contributed by atoms with Crippen molar-refractivity contribution in [3.63, 3.8) is 0 Å². The summed E-state index contributed by atoms with van der Waals surface area (Å²) in [5.74, 6) is 1.08.